The monoisotopic (exact) mass is 238 g/mol. The molecule has 1 saturated heterocycles. The molecule has 0 aromatic carbocycles. The van der Waals surface area contributed by atoms with Crippen LogP contribution in [0.3, 0.4) is 0 Å². The van der Waals surface area contributed by atoms with Crippen molar-refractivity contribution in [1.82, 2.24) is 10.2 Å². The Morgan fingerprint density at radius 1 is 1.41 bits per heavy atom. The summed E-state index contributed by atoms with van der Waals surface area (Å²) in [6.45, 7) is 3.06. The van der Waals surface area contributed by atoms with Crippen LogP contribution in [0, 0.1) is 0 Å². The summed E-state index contributed by atoms with van der Waals surface area (Å²) in [5.74, 6) is -0.211. The summed E-state index contributed by atoms with van der Waals surface area (Å²) in [7, 11) is 0. The smallest absolute Gasteiger partial charge is 0.247 e. The lowest BCUT2D eigenvalue weighted by molar-refractivity contribution is -0.145. The van der Waals surface area contributed by atoms with Gasteiger partial charge in [-0.2, -0.15) is 0 Å². The minimum absolute atomic E-state index is 0.0925. The predicted molar refractivity (Wildman–Crippen MR) is 62.3 cm³/mol. The zero-order chi connectivity index (χ0) is 12.3. The molecule has 2 fully saturated rings. The second kappa shape index (κ2) is 5.31. The van der Waals surface area contributed by atoms with E-state index in [2.05, 4.69) is 5.32 Å². The van der Waals surface area contributed by atoms with Crippen LogP contribution < -0.4 is 5.32 Å². The highest BCUT2D eigenvalue weighted by Crippen LogP contribution is 2.19. The van der Waals surface area contributed by atoms with Crippen LogP contribution >= 0.6 is 0 Å². The molecule has 5 nitrogen and oxygen atoms in total. The Kier molecular flexibility index (Phi) is 3.78. The molecule has 0 aromatic heterocycles. The number of nitrogens with one attached hydrogen (secondary N) is 1. The molecule has 2 aliphatic rings. The molecule has 0 bridgehead atoms. The second-order valence-corrected chi connectivity index (χ2v) is 4.41. The van der Waals surface area contributed by atoms with Crippen molar-refractivity contribution in [2.24, 2.45) is 0 Å². The van der Waals surface area contributed by atoms with Crippen LogP contribution in [0.25, 0.3) is 0 Å². The summed E-state index contributed by atoms with van der Waals surface area (Å²) in [6.07, 6.45) is 5.26. The highest BCUT2D eigenvalue weighted by molar-refractivity contribution is 5.93. The number of allylic oxidation sites excluding steroid dienone is 1. The van der Waals surface area contributed by atoms with Crippen molar-refractivity contribution in [2.75, 3.05) is 19.8 Å². The highest BCUT2D eigenvalue weighted by atomic mass is 16.5. The van der Waals surface area contributed by atoms with E-state index >= 15 is 0 Å². The van der Waals surface area contributed by atoms with Gasteiger partial charge in [0.2, 0.25) is 11.8 Å². The van der Waals surface area contributed by atoms with Gasteiger partial charge in [0.1, 0.15) is 6.04 Å². The van der Waals surface area contributed by atoms with Gasteiger partial charge in [0.05, 0.1) is 13.2 Å². The highest BCUT2D eigenvalue weighted by Gasteiger charge is 2.34. The summed E-state index contributed by atoms with van der Waals surface area (Å²) in [5, 5.41) is 2.91. The number of hydrogen-bond donors (Lipinski definition) is 1. The molecule has 17 heavy (non-hydrogen) atoms. The Labute approximate surface area is 101 Å². The van der Waals surface area contributed by atoms with E-state index in [0.717, 1.165) is 12.8 Å². The lowest BCUT2D eigenvalue weighted by Crippen LogP contribution is -2.55. The van der Waals surface area contributed by atoms with E-state index in [9.17, 15) is 9.59 Å². The van der Waals surface area contributed by atoms with Crippen LogP contribution in [0.1, 0.15) is 19.8 Å². The summed E-state index contributed by atoms with van der Waals surface area (Å²) < 4.78 is 5.28. The Morgan fingerprint density at radius 2 is 2.18 bits per heavy atom. The number of nitrogens with zero attached hydrogens (tertiary/aromatic N) is 1. The maximum atomic E-state index is 12.0. The van der Waals surface area contributed by atoms with Gasteiger partial charge in [-0.05, 0) is 25.8 Å². The molecule has 0 radical (unpaired) electrons. The summed E-state index contributed by atoms with van der Waals surface area (Å²) in [4.78, 5) is 25.4. The van der Waals surface area contributed by atoms with Crippen molar-refractivity contribution < 1.29 is 14.3 Å². The molecule has 0 spiro atoms. The number of carbonyl (C=O) groups is 2. The van der Waals surface area contributed by atoms with E-state index in [-0.39, 0.29) is 11.8 Å². The normalized spacial score (nSPS) is 25.0. The van der Waals surface area contributed by atoms with Gasteiger partial charge in [0.15, 0.2) is 0 Å². The third kappa shape index (κ3) is 3.06. The van der Waals surface area contributed by atoms with Crippen LogP contribution in [-0.4, -0.2) is 48.6 Å². The lowest BCUT2D eigenvalue weighted by atomic mass is 10.2. The van der Waals surface area contributed by atoms with Crippen molar-refractivity contribution >= 4 is 11.8 Å². The maximum absolute atomic E-state index is 12.0. The zero-order valence-electron chi connectivity index (χ0n) is 10.0. The number of hydrogen-bond acceptors (Lipinski definition) is 3. The molecule has 1 N–H and O–H groups in total. The molecular formula is C12H18N2O3. The van der Waals surface area contributed by atoms with Gasteiger partial charge in [-0.15, -0.1) is 0 Å². The van der Waals surface area contributed by atoms with Crippen LogP contribution in [0.15, 0.2) is 12.2 Å². The fourth-order valence-electron chi connectivity index (χ4n) is 1.85. The van der Waals surface area contributed by atoms with Crippen LogP contribution in [0.4, 0.5) is 0 Å². The van der Waals surface area contributed by atoms with Gasteiger partial charge in [-0.1, -0.05) is 6.08 Å². The number of morpholine rings is 1. The summed E-state index contributed by atoms with van der Waals surface area (Å²) >= 11 is 0. The minimum Gasteiger partial charge on any atom is -0.377 e. The van der Waals surface area contributed by atoms with Gasteiger partial charge in [-0.25, -0.2) is 0 Å². The average Bonchev–Trinajstić information content (AvgIpc) is 3.13. The molecule has 2 rings (SSSR count). The third-order valence-electron chi connectivity index (χ3n) is 2.95. The molecule has 1 aliphatic heterocycles. The molecule has 1 heterocycles. The molecule has 1 saturated carbocycles. The van der Waals surface area contributed by atoms with Crippen molar-refractivity contribution in [2.45, 2.75) is 31.8 Å². The Balaban J connectivity index is 1.99. The van der Waals surface area contributed by atoms with E-state index in [4.69, 9.17) is 4.74 Å². The average molecular weight is 238 g/mol. The van der Waals surface area contributed by atoms with Crippen LogP contribution in [0.5, 0.6) is 0 Å². The molecule has 94 valence electrons. The van der Waals surface area contributed by atoms with Gasteiger partial charge in [-0.3, -0.25) is 9.59 Å². The summed E-state index contributed by atoms with van der Waals surface area (Å²) in [6, 6.07) is -0.170. The lowest BCUT2D eigenvalue weighted by Gasteiger charge is -2.33. The number of amides is 2. The maximum Gasteiger partial charge on any atom is 0.247 e. The van der Waals surface area contributed by atoms with Crippen LogP contribution in [-0.2, 0) is 14.3 Å². The Morgan fingerprint density at radius 3 is 2.82 bits per heavy atom. The van der Waals surface area contributed by atoms with E-state index in [1.807, 2.05) is 0 Å². The molecule has 1 atom stereocenters. The number of ether oxygens (including phenoxy) is 1. The van der Waals surface area contributed by atoms with E-state index in [1.165, 1.54) is 6.08 Å². The van der Waals surface area contributed by atoms with E-state index in [0.29, 0.717) is 25.8 Å². The SMILES string of the molecule is C/C=C/C(=O)N1CCOCC1C(=O)NC1CC1. The number of carbonyl (C=O) groups excluding carboxylic acids is 2. The van der Waals surface area contributed by atoms with Gasteiger partial charge >= 0.3 is 0 Å². The number of rotatable bonds is 3. The molecule has 2 amide bonds. The van der Waals surface area contributed by atoms with Gasteiger partial charge in [0, 0.05) is 12.6 Å². The molecule has 1 unspecified atom stereocenters. The Bertz CT molecular complexity index is 337. The van der Waals surface area contributed by atoms with Crippen molar-refractivity contribution in [3.8, 4) is 0 Å². The first kappa shape index (κ1) is 12.1. The van der Waals surface area contributed by atoms with E-state index in [1.54, 1.807) is 17.9 Å². The quantitative estimate of drug-likeness (QED) is 0.708. The predicted octanol–water partition coefficient (Wildman–Crippen LogP) is 0.0685. The third-order valence-corrected chi connectivity index (χ3v) is 2.95. The van der Waals surface area contributed by atoms with E-state index < -0.39 is 6.04 Å². The van der Waals surface area contributed by atoms with Crippen molar-refractivity contribution in [1.29, 1.82) is 0 Å². The fraction of sp³-hybridized carbons (Fsp3) is 0.667. The van der Waals surface area contributed by atoms with Crippen molar-refractivity contribution in [3.05, 3.63) is 12.2 Å². The van der Waals surface area contributed by atoms with Crippen molar-refractivity contribution in [3.63, 3.8) is 0 Å². The standard InChI is InChI=1S/C12H18N2O3/c1-2-3-11(15)14-6-7-17-8-10(14)12(16)13-9-4-5-9/h2-3,9-10H,4-8H2,1H3,(H,13,16)/b3-2+. The zero-order valence-corrected chi connectivity index (χ0v) is 10.0. The first-order chi connectivity index (χ1) is 8.22. The first-order valence-electron chi connectivity index (χ1n) is 6.04. The largest absolute Gasteiger partial charge is 0.377 e. The minimum atomic E-state index is -0.479. The van der Waals surface area contributed by atoms with Gasteiger partial charge in [0.25, 0.3) is 0 Å². The summed E-state index contributed by atoms with van der Waals surface area (Å²) in [5.41, 5.74) is 0. The molecular weight excluding hydrogens is 220 g/mol. The molecule has 1 aliphatic carbocycles. The van der Waals surface area contributed by atoms with Crippen LogP contribution in [0.2, 0.25) is 0 Å². The first-order valence-corrected chi connectivity index (χ1v) is 6.04. The fourth-order valence-corrected chi connectivity index (χ4v) is 1.85. The van der Waals surface area contributed by atoms with Gasteiger partial charge < -0.3 is 15.0 Å². The Hall–Kier alpha value is -1.36. The molecule has 5 heteroatoms. The topological polar surface area (TPSA) is 58.6 Å². The molecule has 0 aromatic rings. The second-order valence-electron chi connectivity index (χ2n) is 4.41.